The molecule has 0 saturated heterocycles. The quantitative estimate of drug-likeness (QED) is 0.748. The zero-order valence-corrected chi connectivity index (χ0v) is 11.2. The second kappa shape index (κ2) is 6.18. The van der Waals surface area contributed by atoms with Gasteiger partial charge in [0.15, 0.2) is 5.89 Å². The summed E-state index contributed by atoms with van der Waals surface area (Å²) in [5, 5.41) is 0. The summed E-state index contributed by atoms with van der Waals surface area (Å²) in [7, 11) is 0. The largest absolute Gasteiger partial charge is 0.493 e. The van der Waals surface area contributed by atoms with Gasteiger partial charge in [0.2, 0.25) is 0 Å². The van der Waals surface area contributed by atoms with E-state index in [0.717, 1.165) is 17.6 Å². The molecule has 100 valence electrons. The number of hydrogen-bond donors (Lipinski definition) is 0. The molecule has 0 radical (unpaired) electrons. The summed E-state index contributed by atoms with van der Waals surface area (Å²) in [5.41, 5.74) is 1.81. The number of carbonyl (C=O) groups excluding carboxylic acids is 1. The SMILES string of the molecule is Cc1ccccc1OCCc1nc(CC=O)c(C)o1. The molecule has 0 saturated carbocycles. The molecular weight excluding hydrogens is 242 g/mol. The Kier molecular flexibility index (Phi) is 4.34. The van der Waals surface area contributed by atoms with E-state index in [1.54, 1.807) is 0 Å². The highest BCUT2D eigenvalue weighted by Gasteiger charge is 2.09. The molecule has 4 heteroatoms. The van der Waals surface area contributed by atoms with Gasteiger partial charge in [-0.25, -0.2) is 4.98 Å². The number of benzene rings is 1. The standard InChI is InChI=1S/C15H17NO3/c1-11-5-3-4-6-14(11)18-10-8-15-16-13(7-9-17)12(2)19-15/h3-6,9H,7-8,10H2,1-2H3. The Morgan fingerprint density at radius 1 is 1.32 bits per heavy atom. The summed E-state index contributed by atoms with van der Waals surface area (Å²) in [6, 6.07) is 7.87. The molecule has 4 nitrogen and oxygen atoms in total. The van der Waals surface area contributed by atoms with Crippen molar-refractivity contribution in [2.75, 3.05) is 6.61 Å². The van der Waals surface area contributed by atoms with E-state index in [-0.39, 0.29) is 0 Å². The Morgan fingerprint density at radius 2 is 2.11 bits per heavy atom. The molecule has 0 unspecified atom stereocenters. The maximum Gasteiger partial charge on any atom is 0.198 e. The number of hydrogen-bond acceptors (Lipinski definition) is 4. The molecule has 19 heavy (non-hydrogen) atoms. The molecule has 1 heterocycles. The number of rotatable bonds is 6. The minimum absolute atomic E-state index is 0.300. The average molecular weight is 259 g/mol. The van der Waals surface area contributed by atoms with Crippen molar-refractivity contribution in [3.63, 3.8) is 0 Å². The lowest BCUT2D eigenvalue weighted by atomic mass is 10.2. The molecule has 1 aromatic heterocycles. The van der Waals surface area contributed by atoms with E-state index < -0.39 is 0 Å². The molecule has 2 aromatic rings. The number of nitrogens with zero attached hydrogens (tertiary/aromatic N) is 1. The topological polar surface area (TPSA) is 52.3 Å². The fraction of sp³-hybridized carbons (Fsp3) is 0.333. The monoisotopic (exact) mass is 259 g/mol. The van der Waals surface area contributed by atoms with Gasteiger partial charge in [0.25, 0.3) is 0 Å². The van der Waals surface area contributed by atoms with Gasteiger partial charge in [-0.15, -0.1) is 0 Å². The molecule has 0 atom stereocenters. The third-order valence-electron chi connectivity index (χ3n) is 2.88. The Morgan fingerprint density at radius 3 is 2.84 bits per heavy atom. The van der Waals surface area contributed by atoms with Crippen LogP contribution < -0.4 is 4.74 Å². The van der Waals surface area contributed by atoms with E-state index >= 15 is 0 Å². The van der Waals surface area contributed by atoms with Crippen molar-refractivity contribution >= 4 is 6.29 Å². The van der Waals surface area contributed by atoms with Crippen molar-refractivity contribution in [2.24, 2.45) is 0 Å². The fourth-order valence-electron chi connectivity index (χ4n) is 1.83. The zero-order chi connectivity index (χ0) is 13.7. The van der Waals surface area contributed by atoms with Gasteiger partial charge in [-0.2, -0.15) is 0 Å². The first kappa shape index (κ1) is 13.3. The predicted molar refractivity (Wildman–Crippen MR) is 71.4 cm³/mol. The summed E-state index contributed by atoms with van der Waals surface area (Å²) in [6.07, 6.45) is 1.72. The van der Waals surface area contributed by atoms with Crippen LogP contribution in [0.3, 0.4) is 0 Å². The van der Waals surface area contributed by atoms with Crippen molar-refractivity contribution < 1.29 is 13.9 Å². The van der Waals surface area contributed by atoms with E-state index in [9.17, 15) is 4.79 Å². The number of ether oxygens (including phenoxy) is 1. The summed E-state index contributed by atoms with van der Waals surface area (Å²) in [5.74, 6) is 2.19. The highest BCUT2D eigenvalue weighted by Crippen LogP contribution is 2.17. The molecule has 0 N–H and O–H groups in total. The second-order valence-electron chi connectivity index (χ2n) is 4.35. The molecule has 2 rings (SSSR count). The van der Waals surface area contributed by atoms with Crippen LogP contribution in [0.4, 0.5) is 0 Å². The first-order chi connectivity index (χ1) is 9.20. The number of oxazole rings is 1. The van der Waals surface area contributed by atoms with Gasteiger partial charge in [0.05, 0.1) is 18.7 Å². The number of para-hydroxylation sites is 1. The first-order valence-electron chi connectivity index (χ1n) is 6.28. The Hall–Kier alpha value is -2.10. The van der Waals surface area contributed by atoms with Crippen LogP contribution in [0.2, 0.25) is 0 Å². The number of aldehydes is 1. The van der Waals surface area contributed by atoms with E-state index in [1.165, 1.54) is 0 Å². The third kappa shape index (κ3) is 3.44. The van der Waals surface area contributed by atoms with Gasteiger partial charge >= 0.3 is 0 Å². The van der Waals surface area contributed by atoms with Crippen LogP contribution in [0, 0.1) is 13.8 Å². The van der Waals surface area contributed by atoms with Crippen molar-refractivity contribution in [1.29, 1.82) is 0 Å². The van der Waals surface area contributed by atoms with E-state index in [4.69, 9.17) is 9.15 Å². The van der Waals surface area contributed by atoms with Crippen molar-refractivity contribution in [3.8, 4) is 5.75 Å². The van der Waals surface area contributed by atoms with Gasteiger partial charge in [-0.3, -0.25) is 0 Å². The van der Waals surface area contributed by atoms with Gasteiger partial charge in [0.1, 0.15) is 17.8 Å². The maximum absolute atomic E-state index is 10.5. The van der Waals surface area contributed by atoms with Gasteiger partial charge in [0, 0.05) is 6.42 Å². The average Bonchev–Trinajstić information content (AvgIpc) is 2.73. The lowest BCUT2D eigenvalue weighted by Crippen LogP contribution is -2.02. The summed E-state index contributed by atoms with van der Waals surface area (Å²) < 4.78 is 11.2. The summed E-state index contributed by atoms with van der Waals surface area (Å²) >= 11 is 0. The summed E-state index contributed by atoms with van der Waals surface area (Å²) in [4.78, 5) is 14.7. The van der Waals surface area contributed by atoms with Crippen LogP contribution in [0.5, 0.6) is 5.75 Å². The van der Waals surface area contributed by atoms with E-state index in [1.807, 2.05) is 38.1 Å². The Balaban J connectivity index is 1.91. The molecule has 0 aliphatic rings. The van der Waals surface area contributed by atoms with Gasteiger partial charge < -0.3 is 13.9 Å². The Bertz CT molecular complexity index is 560. The summed E-state index contributed by atoms with van der Waals surface area (Å²) in [6.45, 7) is 4.33. The number of carbonyl (C=O) groups is 1. The highest BCUT2D eigenvalue weighted by molar-refractivity contribution is 5.54. The van der Waals surface area contributed by atoms with Crippen LogP contribution in [-0.2, 0) is 17.6 Å². The highest BCUT2D eigenvalue weighted by atomic mass is 16.5. The van der Waals surface area contributed by atoms with Crippen molar-refractivity contribution in [3.05, 3.63) is 47.2 Å². The molecule has 0 aliphatic heterocycles. The molecule has 0 spiro atoms. The smallest absolute Gasteiger partial charge is 0.198 e. The second-order valence-corrected chi connectivity index (χ2v) is 4.35. The lowest BCUT2D eigenvalue weighted by molar-refractivity contribution is -0.107. The zero-order valence-electron chi connectivity index (χ0n) is 11.2. The normalized spacial score (nSPS) is 10.4. The Labute approximate surface area is 112 Å². The molecule has 0 bridgehead atoms. The third-order valence-corrected chi connectivity index (χ3v) is 2.88. The number of aromatic nitrogens is 1. The van der Waals surface area contributed by atoms with Crippen LogP contribution in [0.1, 0.15) is 22.9 Å². The molecular formula is C15H17NO3. The van der Waals surface area contributed by atoms with Crippen LogP contribution in [-0.4, -0.2) is 17.9 Å². The predicted octanol–water partition coefficient (Wildman–Crippen LogP) is 2.65. The molecule has 0 aliphatic carbocycles. The molecule has 1 aromatic carbocycles. The maximum atomic E-state index is 10.5. The van der Waals surface area contributed by atoms with Crippen molar-refractivity contribution in [2.45, 2.75) is 26.7 Å². The minimum atomic E-state index is 0.300. The molecule has 0 fully saturated rings. The first-order valence-corrected chi connectivity index (χ1v) is 6.28. The fourth-order valence-corrected chi connectivity index (χ4v) is 1.83. The lowest BCUT2D eigenvalue weighted by Gasteiger charge is -2.07. The van der Waals surface area contributed by atoms with Crippen LogP contribution >= 0.6 is 0 Å². The van der Waals surface area contributed by atoms with Crippen LogP contribution in [0.25, 0.3) is 0 Å². The van der Waals surface area contributed by atoms with E-state index in [2.05, 4.69) is 4.98 Å². The van der Waals surface area contributed by atoms with Crippen LogP contribution in [0.15, 0.2) is 28.7 Å². The van der Waals surface area contributed by atoms with Gasteiger partial charge in [-0.05, 0) is 25.5 Å². The van der Waals surface area contributed by atoms with Crippen molar-refractivity contribution in [1.82, 2.24) is 4.98 Å². The van der Waals surface area contributed by atoms with Gasteiger partial charge in [-0.1, -0.05) is 18.2 Å². The molecule has 0 amide bonds. The number of aryl methyl sites for hydroxylation is 2. The minimum Gasteiger partial charge on any atom is -0.493 e. The van der Waals surface area contributed by atoms with E-state index in [0.29, 0.717) is 36.8 Å².